The van der Waals surface area contributed by atoms with Crippen molar-refractivity contribution >= 4 is 27.4 Å². The number of carbonyl (C=O) groups excluding carboxylic acids is 1. The first-order chi connectivity index (χ1) is 7.63. The predicted molar refractivity (Wildman–Crippen MR) is 70.2 cm³/mol. The molecule has 1 aliphatic rings. The summed E-state index contributed by atoms with van der Waals surface area (Å²) in [6.45, 7) is 4.74. The Labute approximate surface area is 105 Å². The molecule has 0 aromatic heterocycles. The number of halogens is 1. The van der Waals surface area contributed by atoms with Gasteiger partial charge in [-0.25, -0.2) is 0 Å². The standard InChI is InChI=1S/C13H16BrNO/c1-3-15(11-5-6-11)13-7-4-10(14)8-12(13)9(2)16/h4,7-8,11H,3,5-6H2,1-2H3. The fourth-order valence-electron chi connectivity index (χ4n) is 2.05. The van der Waals surface area contributed by atoms with Gasteiger partial charge >= 0.3 is 0 Å². The van der Waals surface area contributed by atoms with Gasteiger partial charge in [0.25, 0.3) is 0 Å². The summed E-state index contributed by atoms with van der Waals surface area (Å²) in [6.07, 6.45) is 2.50. The van der Waals surface area contributed by atoms with Crippen molar-refractivity contribution < 1.29 is 4.79 Å². The highest BCUT2D eigenvalue weighted by Crippen LogP contribution is 2.34. The largest absolute Gasteiger partial charge is 0.368 e. The molecule has 0 aliphatic heterocycles. The summed E-state index contributed by atoms with van der Waals surface area (Å²) in [5.41, 5.74) is 1.91. The minimum Gasteiger partial charge on any atom is -0.368 e. The monoisotopic (exact) mass is 281 g/mol. The Kier molecular flexibility index (Phi) is 3.33. The van der Waals surface area contributed by atoms with E-state index in [1.807, 2.05) is 18.2 Å². The van der Waals surface area contributed by atoms with Crippen LogP contribution in [-0.2, 0) is 0 Å². The molecule has 0 N–H and O–H groups in total. The van der Waals surface area contributed by atoms with Crippen LogP contribution in [0, 0.1) is 0 Å². The lowest BCUT2D eigenvalue weighted by Gasteiger charge is -2.25. The van der Waals surface area contributed by atoms with Gasteiger partial charge in [0.05, 0.1) is 0 Å². The van der Waals surface area contributed by atoms with E-state index in [9.17, 15) is 4.79 Å². The quantitative estimate of drug-likeness (QED) is 0.786. The van der Waals surface area contributed by atoms with Gasteiger partial charge in [-0.15, -0.1) is 0 Å². The average Bonchev–Trinajstić information content (AvgIpc) is 3.05. The maximum absolute atomic E-state index is 11.6. The molecule has 0 radical (unpaired) electrons. The zero-order valence-electron chi connectivity index (χ0n) is 9.66. The first kappa shape index (κ1) is 11.6. The van der Waals surface area contributed by atoms with Gasteiger partial charge in [0.15, 0.2) is 5.78 Å². The number of hydrogen-bond acceptors (Lipinski definition) is 2. The summed E-state index contributed by atoms with van der Waals surface area (Å²) >= 11 is 3.42. The maximum atomic E-state index is 11.6. The predicted octanol–water partition coefficient (Wildman–Crippen LogP) is 3.64. The Hall–Kier alpha value is -0.830. The van der Waals surface area contributed by atoms with Crippen LogP contribution in [0.3, 0.4) is 0 Å². The average molecular weight is 282 g/mol. The summed E-state index contributed by atoms with van der Waals surface area (Å²) in [5.74, 6) is 0.135. The van der Waals surface area contributed by atoms with Crippen molar-refractivity contribution in [2.45, 2.75) is 32.7 Å². The molecule has 0 bridgehead atoms. The van der Waals surface area contributed by atoms with Crippen molar-refractivity contribution in [2.75, 3.05) is 11.4 Å². The van der Waals surface area contributed by atoms with Crippen LogP contribution in [0.2, 0.25) is 0 Å². The lowest BCUT2D eigenvalue weighted by atomic mass is 10.1. The minimum atomic E-state index is 0.135. The van der Waals surface area contributed by atoms with E-state index in [1.54, 1.807) is 6.92 Å². The molecular formula is C13H16BrNO. The van der Waals surface area contributed by atoms with Gasteiger partial charge in [-0.2, -0.15) is 0 Å². The van der Waals surface area contributed by atoms with Gasteiger partial charge in [0, 0.05) is 28.3 Å². The Morgan fingerprint density at radius 2 is 2.19 bits per heavy atom. The third-order valence-electron chi connectivity index (χ3n) is 2.98. The third-order valence-corrected chi connectivity index (χ3v) is 3.47. The Morgan fingerprint density at radius 1 is 1.50 bits per heavy atom. The zero-order chi connectivity index (χ0) is 11.7. The van der Waals surface area contributed by atoms with E-state index in [-0.39, 0.29) is 5.78 Å². The fraction of sp³-hybridized carbons (Fsp3) is 0.462. The molecule has 1 aromatic rings. The summed E-state index contributed by atoms with van der Waals surface area (Å²) in [4.78, 5) is 14.0. The molecular weight excluding hydrogens is 266 g/mol. The number of carbonyl (C=O) groups is 1. The zero-order valence-corrected chi connectivity index (χ0v) is 11.3. The van der Waals surface area contributed by atoms with E-state index in [0.29, 0.717) is 6.04 Å². The highest BCUT2D eigenvalue weighted by Gasteiger charge is 2.29. The second-order valence-electron chi connectivity index (χ2n) is 4.23. The number of Topliss-reactive ketones (excluding diaryl/α,β-unsaturated/α-hetero) is 1. The molecule has 0 atom stereocenters. The van der Waals surface area contributed by atoms with Gasteiger partial charge in [-0.1, -0.05) is 15.9 Å². The number of anilines is 1. The molecule has 1 aromatic carbocycles. The number of rotatable bonds is 4. The number of hydrogen-bond donors (Lipinski definition) is 0. The molecule has 2 rings (SSSR count). The highest BCUT2D eigenvalue weighted by atomic mass is 79.9. The first-order valence-corrected chi connectivity index (χ1v) is 6.50. The SMILES string of the molecule is CCN(c1ccc(Br)cc1C(C)=O)C1CC1. The van der Waals surface area contributed by atoms with Gasteiger partial charge < -0.3 is 4.90 Å². The topological polar surface area (TPSA) is 20.3 Å². The molecule has 86 valence electrons. The Morgan fingerprint density at radius 3 is 2.69 bits per heavy atom. The number of nitrogens with zero attached hydrogens (tertiary/aromatic N) is 1. The molecule has 1 aliphatic carbocycles. The van der Waals surface area contributed by atoms with Crippen LogP contribution >= 0.6 is 15.9 Å². The van der Waals surface area contributed by atoms with Gasteiger partial charge in [0.2, 0.25) is 0 Å². The van der Waals surface area contributed by atoms with Crippen LogP contribution in [0.4, 0.5) is 5.69 Å². The van der Waals surface area contributed by atoms with E-state index in [1.165, 1.54) is 12.8 Å². The van der Waals surface area contributed by atoms with Gasteiger partial charge in [-0.05, 0) is 44.9 Å². The molecule has 3 heteroatoms. The van der Waals surface area contributed by atoms with Crippen molar-refractivity contribution in [3.63, 3.8) is 0 Å². The van der Waals surface area contributed by atoms with E-state index in [4.69, 9.17) is 0 Å². The molecule has 0 unspecified atom stereocenters. The Bertz CT molecular complexity index is 412. The second kappa shape index (κ2) is 4.58. The lowest BCUT2D eigenvalue weighted by Crippen LogP contribution is -2.26. The van der Waals surface area contributed by atoms with Crippen LogP contribution in [-0.4, -0.2) is 18.4 Å². The molecule has 1 saturated carbocycles. The molecule has 0 spiro atoms. The van der Waals surface area contributed by atoms with Gasteiger partial charge in [-0.3, -0.25) is 4.79 Å². The van der Waals surface area contributed by atoms with Gasteiger partial charge in [0.1, 0.15) is 0 Å². The van der Waals surface area contributed by atoms with E-state index in [0.717, 1.165) is 22.3 Å². The minimum absolute atomic E-state index is 0.135. The summed E-state index contributed by atoms with van der Waals surface area (Å²) in [7, 11) is 0. The van der Waals surface area contributed by atoms with E-state index >= 15 is 0 Å². The highest BCUT2D eigenvalue weighted by molar-refractivity contribution is 9.10. The van der Waals surface area contributed by atoms with Crippen molar-refractivity contribution in [3.8, 4) is 0 Å². The molecule has 2 nitrogen and oxygen atoms in total. The Balaban J connectivity index is 2.41. The van der Waals surface area contributed by atoms with Crippen LogP contribution in [0.25, 0.3) is 0 Å². The first-order valence-electron chi connectivity index (χ1n) is 5.70. The molecule has 0 amide bonds. The molecule has 1 fully saturated rings. The lowest BCUT2D eigenvalue weighted by molar-refractivity contribution is 0.101. The number of ketones is 1. The van der Waals surface area contributed by atoms with Crippen molar-refractivity contribution in [1.29, 1.82) is 0 Å². The molecule has 0 heterocycles. The van der Waals surface area contributed by atoms with Crippen LogP contribution in [0.1, 0.15) is 37.0 Å². The van der Waals surface area contributed by atoms with Crippen molar-refractivity contribution in [2.24, 2.45) is 0 Å². The van der Waals surface area contributed by atoms with Crippen LogP contribution in [0.15, 0.2) is 22.7 Å². The molecule has 0 saturated heterocycles. The summed E-state index contributed by atoms with van der Waals surface area (Å²) < 4.78 is 0.966. The fourth-order valence-corrected chi connectivity index (χ4v) is 2.41. The van der Waals surface area contributed by atoms with Crippen LogP contribution < -0.4 is 4.90 Å². The summed E-state index contributed by atoms with van der Waals surface area (Å²) in [6, 6.07) is 6.61. The smallest absolute Gasteiger partial charge is 0.161 e. The third kappa shape index (κ3) is 2.29. The maximum Gasteiger partial charge on any atom is 0.161 e. The van der Waals surface area contributed by atoms with Crippen LogP contribution in [0.5, 0.6) is 0 Å². The normalized spacial score (nSPS) is 14.9. The number of benzene rings is 1. The van der Waals surface area contributed by atoms with E-state index < -0.39 is 0 Å². The van der Waals surface area contributed by atoms with E-state index in [2.05, 4.69) is 27.8 Å². The van der Waals surface area contributed by atoms with Crippen molar-refractivity contribution in [3.05, 3.63) is 28.2 Å². The van der Waals surface area contributed by atoms with Crippen molar-refractivity contribution in [1.82, 2.24) is 0 Å². The second-order valence-corrected chi connectivity index (χ2v) is 5.15. The molecule has 16 heavy (non-hydrogen) atoms. The summed E-state index contributed by atoms with van der Waals surface area (Å²) in [5, 5.41) is 0.